The Morgan fingerprint density at radius 2 is 2.17 bits per heavy atom. The number of nitrogens with zero attached hydrogens (tertiary/aromatic N) is 1. The van der Waals surface area contributed by atoms with Crippen LogP contribution in [0.4, 0.5) is 0 Å². The van der Waals surface area contributed by atoms with Gasteiger partial charge in [-0.25, -0.2) is 4.40 Å². The Labute approximate surface area is 78.1 Å². The van der Waals surface area contributed by atoms with Gasteiger partial charge >= 0.3 is 0 Å². The van der Waals surface area contributed by atoms with Crippen LogP contribution in [0.5, 0.6) is 0 Å². The maximum Gasteiger partial charge on any atom is 0.0782 e. The standard InChI is InChI=1S/C10H13NS/c1-4-9-7-8(2)5-6-10(9)11-12-3/h4-7H,1-3H3/b9-4?,11-10-. The van der Waals surface area contributed by atoms with Crippen LogP contribution in [-0.2, 0) is 0 Å². The molecule has 0 unspecified atom stereocenters. The monoisotopic (exact) mass is 179 g/mol. The van der Waals surface area contributed by atoms with Crippen molar-refractivity contribution in [2.24, 2.45) is 4.40 Å². The molecule has 0 atom stereocenters. The minimum Gasteiger partial charge on any atom is -0.216 e. The smallest absolute Gasteiger partial charge is 0.0782 e. The summed E-state index contributed by atoms with van der Waals surface area (Å²) >= 11 is 1.50. The zero-order chi connectivity index (χ0) is 8.97. The fourth-order valence-corrected chi connectivity index (χ4v) is 1.45. The third-order valence-electron chi connectivity index (χ3n) is 1.68. The largest absolute Gasteiger partial charge is 0.216 e. The van der Waals surface area contributed by atoms with Crippen molar-refractivity contribution in [1.29, 1.82) is 0 Å². The number of hydrogen-bond donors (Lipinski definition) is 0. The second-order valence-electron chi connectivity index (χ2n) is 2.62. The van der Waals surface area contributed by atoms with Gasteiger partial charge < -0.3 is 0 Å². The van der Waals surface area contributed by atoms with Crippen molar-refractivity contribution in [3.63, 3.8) is 0 Å². The highest BCUT2D eigenvalue weighted by Crippen LogP contribution is 2.15. The highest BCUT2D eigenvalue weighted by Gasteiger charge is 2.04. The van der Waals surface area contributed by atoms with E-state index in [-0.39, 0.29) is 0 Å². The van der Waals surface area contributed by atoms with E-state index in [2.05, 4.69) is 35.6 Å². The van der Waals surface area contributed by atoms with Gasteiger partial charge in [-0.1, -0.05) is 23.8 Å². The Kier molecular flexibility index (Phi) is 3.35. The Bertz CT molecular complexity index is 282. The quantitative estimate of drug-likeness (QED) is 0.563. The van der Waals surface area contributed by atoms with Crippen LogP contribution in [0.15, 0.2) is 39.8 Å². The second kappa shape index (κ2) is 4.31. The van der Waals surface area contributed by atoms with Crippen LogP contribution in [-0.4, -0.2) is 12.0 Å². The van der Waals surface area contributed by atoms with Crippen molar-refractivity contribution in [1.82, 2.24) is 0 Å². The van der Waals surface area contributed by atoms with E-state index in [0.717, 1.165) is 5.71 Å². The highest BCUT2D eigenvalue weighted by atomic mass is 32.2. The molecule has 0 aromatic carbocycles. The first kappa shape index (κ1) is 9.33. The molecule has 0 fully saturated rings. The first-order valence-corrected chi connectivity index (χ1v) is 5.10. The van der Waals surface area contributed by atoms with Crippen LogP contribution in [0, 0.1) is 0 Å². The van der Waals surface area contributed by atoms with Gasteiger partial charge in [0.05, 0.1) is 5.71 Å². The minimum atomic E-state index is 1.07. The first-order chi connectivity index (χ1) is 5.77. The molecule has 0 aliphatic heterocycles. The molecule has 0 bridgehead atoms. The molecule has 0 saturated carbocycles. The predicted molar refractivity (Wildman–Crippen MR) is 57.6 cm³/mol. The molecule has 0 saturated heterocycles. The van der Waals surface area contributed by atoms with Gasteiger partial charge in [-0.15, -0.1) is 0 Å². The molecule has 0 aromatic heterocycles. The van der Waals surface area contributed by atoms with E-state index < -0.39 is 0 Å². The van der Waals surface area contributed by atoms with Crippen LogP contribution < -0.4 is 0 Å². The number of allylic oxidation sites excluding steroid dienone is 6. The van der Waals surface area contributed by atoms with Gasteiger partial charge in [0.25, 0.3) is 0 Å². The molecule has 2 heteroatoms. The van der Waals surface area contributed by atoms with Crippen LogP contribution in [0.3, 0.4) is 0 Å². The van der Waals surface area contributed by atoms with Crippen molar-refractivity contribution in [2.75, 3.05) is 6.26 Å². The zero-order valence-electron chi connectivity index (χ0n) is 7.66. The van der Waals surface area contributed by atoms with E-state index >= 15 is 0 Å². The SMILES string of the molecule is CC=C1C=C(C)C=C/C1=N/SC. The lowest BCUT2D eigenvalue weighted by Crippen LogP contribution is -2.00. The fourth-order valence-electron chi connectivity index (χ4n) is 1.09. The Morgan fingerprint density at radius 3 is 2.75 bits per heavy atom. The number of hydrogen-bond acceptors (Lipinski definition) is 2. The lowest BCUT2D eigenvalue weighted by molar-refractivity contribution is 1.47. The summed E-state index contributed by atoms with van der Waals surface area (Å²) in [6.45, 7) is 4.13. The van der Waals surface area contributed by atoms with Crippen molar-refractivity contribution in [3.05, 3.63) is 35.5 Å². The molecule has 1 aliphatic carbocycles. The molecule has 0 aromatic rings. The average molecular weight is 179 g/mol. The predicted octanol–water partition coefficient (Wildman–Crippen LogP) is 3.17. The molecule has 0 heterocycles. The van der Waals surface area contributed by atoms with E-state index in [9.17, 15) is 0 Å². The lowest BCUT2D eigenvalue weighted by atomic mass is 10.0. The molecule has 1 aliphatic rings. The maximum absolute atomic E-state index is 4.30. The lowest BCUT2D eigenvalue weighted by Gasteiger charge is -2.07. The van der Waals surface area contributed by atoms with Crippen LogP contribution in [0.1, 0.15) is 13.8 Å². The van der Waals surface area contributed by atoms with Gasteiger partial charge in [-0.2, -0.15) is 0 Å². The van der Waals surface area contributed by atoms with Gasteiger partial charge in [0.1, 0.15) is 0 Å². The molecular weight excluding hydrogens is 166 g/mol. The van der Waals surface area contributed by atoms with E-state index in [0.29, 0.717) is 0 Å². The van der Waals surface area contributed by atoms with Crippen LogP contribution in [0.25, 0.3) is 0 Å². The summed E-state index contributed by atoms with van der Waals surface area (Å²) in [5, 5.41) is 0. The fraction of sp³-hybridized carbons (Fsp3) is 0.300. The van der Waals surface area contributed by atoms with Crippen LogP contribution in [0.2, 0.25) is 0 Å². The van der Waals surface area contributed by atoms with Gasteiger partial charge in [0, 0.05) is 6.26 Å². The maximum atomic E-state index is 4.30. The topological polar surface area (TPSA) is 12.4 Å². The molecule has 1 nitrogen and oxygen atoms in total. The average Bonchev–Trinajstić information content (AvgIpc) is 2.08. The minimum absolute atomic E-state index is 1.07. The summed E-state index contributed by atoms with van der Waals surface area (Å²) in [5.74, 6) is 0. The first-order valence-electron chi connectivity index (χ1n) is 3.92. The van der Waals surface area contributed by atoms with E-state index in [1.165, 1.54) is 23.1 Å². The summed E-state index contributed by atoms with van der Waals surface area (Å²) in [5.41, 5.74) is 3.56. The van der Waals surface area contributed by atoms with E-state index in [4.69, 9.17) is 0 Å². The summed E-state index contributed by atoms with van der Waals surface area (Å²) < 4.78 is 4.30. The number of rotatable bonds is 1. The molecule has 0 amide bonds. The van der Waals surface area contributed by atoms with E-state index in [1.54, 1.807) is 0 Å². The van der Waals surface area contributed by atoms with Crippen molar-refractivity contribution in [3.8, 4) is 0 Å². The zero-order valence-corrected chi connectivity index (χ0v) is 8.48. The highest BCUT2D eigenvalue weighted by molar-refractivity contribution is 7.97. The third-order valence-corrected chi connectivity index (χ3v) is 2.06. The Morgan fingerprint density at radius 1 is 1.42 bits per heavy atom. The van der Waals surface area contributed by atoms with E-state index in [1.807, 2.05) is 13.2 Å². The molecule has 0 spiro atoms. The van der Waals surface area contributed by atoms with Crippen molar-refractivity contribution in [2.45, 2.75) is 13.8 Å². The molecule has 12 heavy (non-hydrogen) atoms. The summed E-state index contributed by atoms with van der Waals surface area (Å²) in [6, 6.07) is 0. The normalized spacial score (nSPS) is 23.4. The second-order valence-corrected chi connectivity index (χ2v) is 3.17. The van der Waals surface area contributed by atoms with Crippen molar-refractivity contribution >= 4 is 17.7 Å². The molecule has 64 valence electrons. The van der Waals surface area contributed by atoms with Crippen molar-refractivity contribution < 1.29 is 0 Å². The van der Waals surface area contributed by atoms with Gasteiger partial charge in [0.15, 0.2) is 0 Å². The van der Waals surface area contributed by atoms with Gasteiger partial charge in [0.2, 0.25) is 0 Å². The summed E-state index contributed by atoms with van der Waals surface area (Å²) in [7, 11) is 0. The Balaban J connectivity index is 2.96. The third kappa shape index (κ3) is 2.11. The molecular formula is C10H13NS. The molecule has 1 rings (SSSR count). The summed E-state index contributed by atoms with van der Waals surface area (Å²) in [6.07, 6.45) is 10.3. The molecule has 0 N–H and O–H groups in total. The Hall–Kier alpha value is -0.760. The van der Waals surface area contributed by atoms with Gasteiger partial charge in [-0.05, 0) is 37.4 Å². The molecule has 0 radical (unpaired) electrons. The van der Waals surface area contributed by atoms with Gasteiger partial charge in [-0.3, -0.25) is 0 Å². The van der Waals surface area contributed by atoms with Crippen LogP contribution >= 0.6 is 11.9 Å². The summed E-state index contributed by atoms with van der Waals surface area (Å²) in [4.78, 5) is 0.